The van der Waals surface area contributed by atoms with Crippen LogP contribution in [0.25, 0.3) is 11.0 Å². The van der Waals surface area contributed by atoms with Gasteiger partial charge in [0.2, 0.25) is 0 Å². The van der Waals surface area contributed by atoms with E-state index in [-0.39, 0.29) is 18.0 Å². The second-order valence-corrected chi connectivity index (χ2v) is 5.68. The van der Waals surface area contributed by atoms with Gasteiger partial charge in [-0.1, -0.05) is 6.07 Å². The van der Waals surface area contributed by atoms with Crippen molar-refractivity contribution in [1.29, 1.82) is 0 Å². The van der Waals surface area contributed by atoms with E-state index in [4.69, 9.17) is 4.74 Å². The molecule has 5 nitrogen and oxygen atoms in total. The van der Waals surface area contributed by atoms with E-state index in [2.05, 4.69) is 15.3 Å². The van der Waals surface area contributed by atoms with Gasteiger partial charge in [-0.25, -0.2) is 19.2 Å². The number of nitrogens with one attached hydrogen (secondary N) is 1. The van der Waals surface area contributed by atoms with Crippen LogP contribution in [0.2, 0.25) is 0 Å². The Bertz CT molecular complexity index is 957. The van der Waals surface area contributed by atoms with Gasteiger partial charge in [-0.15, -0.1) is 0 Å². The third kappa shape index (κ3) is 3.42. The Labute approximate surface area is 144 Å². The summed E-state index contributed by atoms with van der Waals surface area (Å²) in [7, 11) is 0. The molecule has 3 rings (SSSR count). The predicted molar refractivity (Wildman–Crippen MR) is 94.7 cm³/mol. The van der Waals surface area contributed by atoms with E-state index >= 15 is 0 Å². The lowest BCUT2D eigenvalue weighted by molar-refractivity contribution is 0.0527. The number of esters is 1. The summed E-state index contributed by atoms with van der Waals surface area (Å²) in [5.74, 6) is -0.854. The van der Waals surface area contributed by atoms with Gasteiger partial charge >= 0.3 is 5.97 Å². The fraction of sp³-hybridized carbons (Fsp3) is 0.211. The molecule has 0 spiro atoms. The number of fused-ring (bicyclic) bond motifs is 1. The summed E-state index contributed by atoms with van der Waals surface area (Å²) in [5, 5.41) is 3.83. The van der Waals surface area contributed by atoms with E-state index in [0.29, 0.717) is 22.4 Å². The Kier molecular flexibility index (Phi) is 4.61. The zero-order chi connectivity index (χ0) is 18.0. The average molecular weight is 339 g/mol. The van der Waals surface area contributed by atoms with Gasteiger partial charge in [0.15, 0.2) is 5.65 Å². The van der Waals surface area contributed by atoms with Gasteiger partial charge in [0, 0.05) is 23.0 Å². The van der Waals surface area contributed by atoms with Crippen LogP contribution in [0.4, 0.5) is 15.8 Å². The van der Waals surface area contributed by atoms with Gasteiger partial charge in [0.05, 0.1) is 12.3 Å². The van der Waals surface area contributed by atoms with Crippen LogP contribution in [-0.2, 0) is 4.74 Å². The molecule has 0 bridgehead atoms. The Morgan fingerprint density at radius 3 is 2.80 bits per heavy atom. The second-order valence-electron chi connectivity index (χ2n) is 5.68. The number of hydrogen-bond acceptors (Lipinski definition) is 5. The maximum Gasteiger partial charge on any atom is 0.341 e. The molecule has 2 heterocycles. The predicted octanol–water partition coefficient (Wildman–Crippen LogP) is 4.31. The first-order chi connectivity index (χ1) is 12.0. The van der Waals surface area contributed by atoms with Gasteiger partial charge in [0.25, 0.3) is 0 Å². The lowest BCUT2D eigenvalue weighted by Gasteiger charge is -2.15. The number of pyridine rings is 2. The smallest absolute Gasteiger partial charge is 0.341 e. The summed E-state index contributed by atoms with van der Waals surface area (Å²) in [6.07, 6.45) is 1.43. The lowest BCUT2D eigenvalue weighted by Crippen LogP contribution is -2.10. The Hall–Kier alpha value is -3.02. The van der Waals surface area contributed by atoms with Crippen LogP contribution < -0.4 is 5.32 Å². The lowest BCUT2D eigenvalue weighted by atomic mass is 10.1. The molecule has 1 aromatic carbocycles. The number of benzene rings is 1. The number of carbonyl (C=O) groups excluding carboxylic acids is 1. The highest BCUT2D eigenvalue weighted by Gasteiger charge is 2.18. The van der Waals surface area contributed by atoms with E-state index in [1.807, 2.05) is 26.0 Å². The summed E-state index contributed by atoms with van der Waals surface area (Å²) < 4.78 is 18.8. The number of rotatable bonds is 4. The maximum absolute atomic E-state index is 13.6. The van der Waals surface area contributed by atoms with E-state index < -0.39 is 5.97 Å². The first kappa shape index (κ1) is 16.8. The molecule has 128 valence electrons. The molecule has 0 amide bonds. The quantitative estimate of drug-likeness (QED) is 0.718. The van der Waals surface area contributed by atoms with Crippen LogP contribution in [-0.4, -0.2) is 22.5 Å². The van der Waals surface area contributed by atoms with Crippen LogP contribution in [0.15, 0.2) is 36.5 Å². The number of nitrogens with zero attached hydrogens (tertiary/aromatic N) is 2. The summed E-state index contributed by atoms with van der Waals surface area (Å²) >= 11 is 0. The van der Waals surface area contributed by atoms with Gasteiger partial charge in [-0.05, 0) is 50.6 Å². The van der Waals surface area contributed by atoms with Crippen molar-refractivity contribution in [2.24, 2.45) is 0 Å². The van der Waals surface area contributed by atoms with Crippen molar-refractivity contribution in [2.75, 3.05) is 11.9 Å². The van der Waals surface area contributed by atoms with Crippen LogP contribution in [0.5, 0.6) is 0 Å². The summed E-state index contributed by atoms with van der Waals surface area (Å²) in [6.45, 7) is 5.71. The number of aromatic nitrogens is 2. The van der Waals surface area contributed by atoms with Gasteiger partial charge < -0.3 is 10.1 Å². The van der Waals surface area contributed by atoms with Gasteiger partial charge in [0.1, 0.15) is 11.4 Å². The highest BCUT2D eigenvalue weighted by Crippen LogP contribution is 2.30. The van der Waals surface area contributed by atoms with E-state index in [9.17, 15) is 9.18 Å². The van der Waals surface area contributed by atoms with E-state index in [0.717, 1.165) is 11.3 Å². The number of halogens is 1. The molecule has 2 aromatic heterocycles. The van der Waals surface area contributed by atoms with E-state index in [1.54, 1.807) is 13.0 Å². The molecule has 0 aliphatic rings. The minimum Gasteiger partial charge on any atom is -0.462 e. The summed E-state index contributed by atoms with van der Waals surface area (Å²) in [4.78, 5) is 21.0. The highest BCUT2D eigenvalue weighted by molar-refractivity contribution is 6.05. The molecular weight excluding hydrogens is 321 g/mol. The molecule has 25 heavy (non-hydrogen) atoms. The minimum atomic E-state index is -0.492. The molecule has 0 saturated carbocycles. The van der Waals surface area contributed by atoms with Crippen molar-refractivity contribution in [2.45, 2.75) is 20.8 Å². The third-order valence-corrected chi connectivity index (χ3v) is 3.82. The number of aryl methyl sites for hydroxylation is 2. The zero-order valence-corrected chi connectivity index (χ0v) is 14.3. The summed E-state index contributed by atoms with van der Waals surface area (Å²) in [6, 6.07) is 8.13. The molecule has 0 aliphatic heterocycles. The fourth-order valence-corrected chi connectivity index (χ4v) is 2.53. The van der Waals surface area contributed by atoms with Crippen LogP contribution in [0.1, 0.15) is 28.5 Å². The average Bonchev–Trinajstić information content (AvgIpc) is 2.58. The molecule has 3 aromatic rings. The Morgan fingerprint density at radius 1 is 1.24 bits per heavy atom. The monoisotopic (exact) mass is 339 g/mol. The fourth-order valence-electron chi connectivity index (χ4n) is 2.53. The minimum absolute atomic E-state index is 0.251. The molecule has 0 saturated heterocycles. The molecule has 1 N–H and O–H groups in total. The normalized spacial score (nSPS) is 10.7. The SMILES string of the molecule is CCOC(=O)c1cnc2nc(C)ccc2c1Nc1cc(F)ccc1C. The topological polar surface area (TPSA) is 64.1 Å². The Morgan fingerprint density at radius 2 is 2.04 bits per heavy atom. The highest BCUT2D eigenvalue weighted by atomic mass is 19.1. The van der Waals surface area contributed by atoms with Crippen LogP contribution in [0.3, 0.4) is 0 Å². The molecule has 6 heteroatoms. The third-order valence-electron chi connectivity index (χ3n) is 3.82. The standard InChI is InChI=1S/C19H18FN3O2/c1-4-25-19(24)15-10-21-18-14(8-6-12(3)22-18)17(15)23-16-9-13(20)7-5-11(16)2/h5-10H,4H2,1-3H3,(H,21,22,23). The van der Waals surface area contributed by atoms with Crippen LogP contribution in [0, 0.1) is 19.7 Å². The molecule has 0 radical (unpaired) electrons. The summed E-state index contributed by atoms with van der Waals surface area (Å²) in [5.41, 5.74) is 3.52. The molecular formula is C19H18FN3O2. The molecule has 0 fully saturated rings. The van der Waals surface area contributed by atoms with Gasteiger partial charge in [-0.3, -0.25) is 0 Å². The van der Waals surface area contributed by atoms with Crippen LogP contribution >= 0.6 is 0 Å². The molecule has 0 atom stereocenters. The number of ether oxygens (including phenoxy) is 1. The number of hydrogen-bond donors (Lipinski definition) is 1. The Balaban J connectivity index is 2.19. The van der Waals surface area contributed by atoms with Crippen molar-refractivity contribution >= 4 is 28.4 Å². The van der Waals surface area contributed by atoms with Crippen molar-refractivity contribution in [3.8, 4) is 0 Å². The van der Waals surface area contributed by atoms with Crippen molar-refractivity contribution < 1.29 is 13.9 Å². The second kappa shape index (κ2) is 6.84. The molecule has 0 aliphatic carbocycles. The van der Waals surface area contributed by atoms with Crippen molar-refractivity contribution in [3.05, 3.63) is 59.2 Å². The van der Waals surface area contributed by atoms with Gasteiger partial charge in [-0.2, -0.15) is 0 Å². The number of carbonyl (C=O) groups is 1. The van der Waals surface area contributed by atoms with E-state index in [1.165, 1.54) is 18.3 Å². The van der Waals surface area contributed by atoms with Crippen molar-refractivity contribution in [3.63, 3.8) is 0 Å². The molecule has 0 unspecified atom stereocenters. The maximum atomic E-state index is 13.6. The zero-order valence-electron chi connectivity index (χ0n) is 14.3. The number of anilines is 2. The largest absolute Gasteiger partial charge is 0.462 e. The van der Waals surface area contributed by atoms with Crippen molar-refractivity contribution in [1.82, 2.24) is 9.97 Å². The first-order valence-corrected chi connectivity index (χ1v) is 7.96. The first-order valence-electron chi connectivity index (χ1n) is 7.96.